The second-order valence-electron chi connectivity index (χ2n) is 7.43. The van der Waals surface area contributed by atoms with Crippen molar-refractivity contribution in [2.75, 3.05) is 13.7 Å². The van der Waals surface area contributed by atoms with Crippen molar-refractivity contribution in [1.29, 1.82) is 0 Å². The molecule has 4 rings (SSSR count). The van der Waals surface area contributed by atoms with Crippen LogP contribution in [0.1, 0.15) is 36.1 Å². The minimum atomic E-state index is -0.181. The van der Waals surface area contributed by atoms with Crippen molar-refractivity contribution in [1.82, 2.24) is 5.01 Å². The van der Waals surface area contributed by atoms with Crippen molar-refractivity contribution in [3.05, 3.63) is 95.6 Å². The van der Waals surface area contributed by atoms with E-state index < -0.39 is 0 Å². The van der Waals surface area contributed by atoms with Gasteiger partial charge in [0.05, 0.1) is 18.9 Å². The summed E-state index contributed by atoms with van der Waals surface area (Å²) in [4.78, 5) is 13.1. The van der Waals surface area contributed by atoms with E-state index in [0.717, 1.165) is 29.0 Å². The molecule has 3 aromatic rings. The molecule has 0 radical (unpaired) electrons. The molecule has 5 nitrogen and oxygen atoms in total. The Hall–Kier alpha value is -3.60. The van der Waals surface area contributed by atoms with E-state index in [0.29, 0.717) is 12.2 Å². The third kappa shape index (κ3) is 4.77. The summed E-state index contributed by atoms with van der Waals surface area (Å²) in [5.74, 6) is 1.30. The highest BCUT2D eigenvalue weighted by Gasteiger charge is 2.33. The summed E-state index contributed by atoms with van der Waals surface area (Å²) >= 11 is 0. The van der Waals surface area contributed by atoms with E-state index in [1.807, 2.05) is 78.9 Å². The topological polar surface area (TPSA) is 51.1 Å². The summed E-state index contributed by atoms with van der Waals surface area (Å²) < 4.78 is 11.1. The van der Waals surface area contributed by atoms with Gasteiger partial charge in [0, 0.05) is 6.42 Å². The second-order valence-corrected chi connectivity index (χ2v) is 7.43. The molecule has 1 aliphatic rings. The van der Waals surface area contributed by atoms with Gasteiger partial charge in [-0.15, -0.1) is 0 Å². The molecule has 0 spiro atoms. The second kappa shape index (κ2) is 9.47. The molecule has 1 aliphatic heterocycles. The van der Waals surface area contributed by atoms with Crippen molar-refractivity contribution in [3.8, 4) is 11.5 Å². The maximum atomic E-state index is 13.1. The van der Waals surface area contributed by atoms with Crippen LogP contribution in [-0.2, 0) is 11.2 Å². The zero-order chi connectivity index (χ0) is 21.6. The fourth-order valence-electron chi connectivity index (χ4n) is 3.70. The number of carbonyl (C=O) groups excluding carboxylic acids is 1. The summed E-state index contributed by atoms with van der Waals surface area (Å²) in [7, 11) is 1.64. The number of hydrogen-bond acceptors (Lipinski definition) is 4. The van der Waals surface area contributed by atoms with Crippen LogP contribution >= 0.6 is 0 Å². The average molecular weight is 415 g/mol. The SMILES string of the molecule is CCc1cccc(OCC(=O)N2N=C(c3ccccc3)CC2c2ccc(OC)cc2)c1. The van der Waals surface area contributed by atoms with Crippen molar-refractivity contribution in [2.45, 2.75) is 25.8 Å². The molecule has 1 unspecified atom stereocenters. The largest absolute Gasteiger partial charge is 0.497 e. The molecule has 0 fully saturated rings. The maximum absolute atomic E-state index is 13.1. The number of ether oxygens (including phenoxy) is 2. The van der Waals surface area contributed by atoms with Gasteiger partial charge in [0.1, 0.15) is 11.5 Å². The Bertz CT molecular complexity index is 1060. The molecule has 0 N–H and O–H groups in total. The predicted octanol–water partition coefficient (Wildman–Crippen LogP) is 5.01. The summed E-state index contributed by atoms with van der Waals surface area (Å²) in [6.45, 7) is 2.03. The highest BCUT2D eigenvalue weighted by atomic mass is 16.5. The molecular formula is C26H26N2O3. The number of hydrazone groups is 1. The van der Waals surface area contributed by atoms with Gasteiger partial charge in [-0.25, -0.2) is 5.01 Å². The molecule has 0 saturated heterocycles. The maximum Gasteiger partial charge on any atom is 0.281 e. The lowest BCUT2D eigenvalue weighted by Gasteiger charge is -2.22. The van der Waals surface area contributed by atoms with Gasteiger partial charge in [0.2, 0.25) is 0 Å². The first kappa shape index (κ1) is 20.7. The fraction of sp³-hybridized carbons (Fsp3) is 0.231. The van der Waals surface area contributed by atoms with Gasteiger partial charge in [0.25, 0.3) is 5.91 Å². The predicted molar refractivity (Wildman–Crippen MR) is 121 cm³/mol. The lowest BCUT2D eigenvalue weighted by Crippen LogP contribution is -2.31. The van der Waals surface area contributed by atoms with E-state index in [1.165, 1.54) is 5.56 Å². The molecule has 0 saturated carbocycles. The smallest absolute Gasteiger partial charge is 0.281 e. The molecule has 31 heavy (non-hydrogen) atoms. The lowest BCUT2D eigenvalue weighted by molar-refractivity contribution is -0.135. The van der Waals surface area contributed by atoms with Gasteiger partial charge in [0.15, 0.2) is 6.61 Å². The summed E-state index contributed by atoms with van der Waals surface area (Å²) in [6.07, 6.45) is 1.56. The van der Waals surface area contributed by atoms with Crippen LogP contribution in [0.15, 0.2) is 84.0 Å². The van der Waals surface area contributed by atoms with Gasteiger partial charge in [-0.3, -0.25) is 4.79 Å². The number of methoxy groups -OCH3 is 1. The zero-order valence-electron chi connectivity index (χ0n) is 17.8. The quantitative estimate of drug-likeness (QED) is 0.546. The Morgan fingerprint density at radius 3 is 2.48 bits per heavy atom. The number of benzene rings is 3. The zero-order valence-corrected chi connectivity index (χ0v) is 17.8. The number of carbonyl (C=O) groups is 1. The molecule has 1 amide bonds. The standard InChI is InChI=1S/C26H26N2O3/c1-3-19-8-7-11-23(16-19)31-18-26(29)28-25(21-12-14-22(30-2)15-13-21)17-24(27-28)20-9-5-4-6-10-20/h4-16,25H,3,17-18H2,1-2H3. The van der Waals surface area contributed by atoms with Crippen molar-refractivity contribution < 1.29 is 14.3 Å². The van der Waals surface area contributed by atoms with E-state index in [9.17, 15) is 4.79 Å². The summed E-state index contributed by atoms with van der Waals surface area (Å²) in [6, 6.07) is 25.4. The van der Waals surface area contributed by atoms with E-state index in [2.05, 4.69) is 6.92 Å². The van der Waals surface area contributed by atoms with Crippen LogP contribution < -0.4 is 9.47 Å². The van der Waals surface area contributed by atoms with Crippen LogP contribution in [0.5, 0.6) is 11.5 Å². The lowest BCUT2D eigenvalue weighted by atomic mass is 9.98. The van der Waals surface area contributed by atoms with E-state index in [1.54, 1.807) is 12.1 Å². The van der Waals surface area contributed by atoms with Crippen LogP contribution in [0.2, 0.25) is 0 Å². The van der Waals surface area contributed by atoms with Crippen LogP contribution in [0.4, 0.5) is 0 Å². The average Bonchev–Trinajstić information content (AvgIpc) is 3.29. The third-order valence-corrected chi connectivity index (χ3v) is 5.44. The third-order valence-electron chi connectivity index (χ3n) is 5.44. The molecule has 0 aliphatic carbocycles. The molecule has 1 atom stereocenters. The number of aryl methyl sites for hydroxylation is 1. The molecule has 1 heterocycles. The van der Waals surface area contributed by atoms with Gasteiger partial charge < -0.3 is 9.47 Å². The first-order valence-electron chi connectivity index (χ1n) is 10.5. The normalized spacial score (nSPS) is 15.5. The molecule has 0 aromatic heterocycles. The van der Waals surface area contributed by atoms with Crippen LogP contribution in [-0.4, -0.2) is 30.3 Å². The summed E-state index contributed by atoms with van der Waals surface area (Å²) in [5.41, 5.74) is 4.10. The Kier molecular flexibility index (Phi) is 6.32. The first-order chi connectivity index (χ1) is 15.2. The van der Waals surface area contributed by atoms with E-state index in [4.69, 9.17) is 14.6 Å². The molecule has 158 valence electrons. The first-order valence-corrected chi connectivity index (χ1v) is 10.5. The Balaban J connectivity index is 1.56. The number of rotatable bonds is 7. The Morgan fingerprint density at radius 2 is 1.77 bits per heavy atom. The number of nitrogens with zero attached hydrogens (tertiary/aromatic N) is 2. The van der Waals surface area contributed by atoms with Gasteiger partial charge in [-0.2, -0.15) is 5.10 Å². The Labute approximate surface area is 182 Å². The van der Waals surface area contributed by atoms with Crippen molar-refractivity contribution >= 4 is 11.6 Å². The van der Waals surface area contributed by atoms with E-state index >= 15 is 0 Å². The molecule has 5 heteroatoms. The van der Waals surface area contributed by atoms with Crippen molar-refractivity contribution in [2.24, 2.45) is 5.10 Å². The molecular weight excluding hydrogens is 388 g/mol. The van der Waals surface area contributed by atoms with Crippen molar-refractivity contribution in [3.63, 3.8) is 0 Å². The minimum absolute atomic E-state index is 0.0641. The minimum Gasteiger partial charge on any atom is -0.497 e. The Morgan fingerprint density at radius 1 is 1.00 bits per heavy atom. The van der Waals surface area contributed by atoms with Gasteiger partial charge >= 0.3 is 0 Å². The van der Waals surface area contributed by atoms with Crippen LogP contribution in [0, 0.1) is 0 Å². The van der Waals surface area contributed by atoms with E-state index in [-0.39, 0.29) is 18.6 Å². The summed E-state index contributed by atoms with van der Waals surface area (Å²) in [5, 5.41) is 6.26. The van der Waals surface area contributed by atoms with Crippen LogP contribution in [0.25, 0.3) is 0 Å². The molecule has 0 bridgehead atoms. The highest BCUT2D eigenvalue weighted by molar-refractivity contribution is 6.03. The molecule has 3 aromatic carbocycles. The van der Waals surface area contributed by atoms with Crippen LogP contribution in [0.3, 0.4) is 0 Å². The van der Waals surface area contributed by atoms with Gasteiger partial charge in [-0.1, -0.05) is 61.5 Å². The highest BCUT2D eigenvalue weighted by Crippen LogP contribution is 2.33. The number of amides is 1. The van der Waals surface area contributed by atoms with Gasteiger partial charge in [-0.05, 0) is 47.4 Å². The monoisotopic (exact) mass is 414 g/mol. The fourth-order valence-corrected chi connectivity index (χ4v) is 3.70. The number of hydrogen-bond donors (Lipinski definition) is 0.